The van der Waals surface area contributed by atoms with Gasteiger partial charge in [0.2, 0.25) is 0 Å². The molecule has 0 spiro atoms. The van der Waals surface area contributed by atoms with Crippen LogP contribution in [0.2, 0.25) is 0 Å². The minimum absolute atomic E-state index is 0.239. The Labute approximate surface area is 184 Å². The SMILES string of the molecule is CC[C@@H]1C2[C@H]3CC(=CN2CCc2c3n(C(=O)OCCN(C)C)c3ccc(O)cc23)[C@@H]1C. The van der Waals surface area contributed by atoms with Crippen LogP contribution in [0.1, 0.15) is 43.9 Å². The molecule has 6 heteroatoms. The zero-order valence-corrected chi connectivity index (χ0v) is 19.0. The summed E-state index contributed by atoms with van der Waals surface area (Å²) in [6, 6.07) is 5.76. The molecule has 0 radical (unpaired) electrons. The second-order valence-electron chi connectivity index (χ2n) is 9.67. The smallest absolute Gasteiger partial charge is 0.418 e. The number of allylic oxidation sites excluding steroid dienone is 1. The number of carbonyl (C=O) groups excluding carboxylic acids is 1. The lowest BCUT2D eigenvalue weighted by molar-refractivity contribution is 0.0855. The van der Waals surface area contributed by atoms with Crippen molar-refractivity contribution in [2.75, 3.05) is 33.8 Å². The van der Waals surface area contributed by atoms with Crippen LogP contribution in [0.4, 0.5) is 4.79 Å². The molecule has 4 heterocycles. The minimum Gasteiger partial charge on any atom is -0.508 e. The summed E-state index contributed by atoms with van der Waals surface area (Å²) in [5, 5.41) is 11.2. The summed E-state index contributed by atoms with van der Waals surface area (Å²) in [5.41, 5.74) is 4.67. The number of hydrogen-bond donors (Lipinski definition) is 1. The van der Waals surface area contributed by atoms with Gasteiger partial charge in [-0.05, 0) is 68.7 Å². The molecule has 0 amide bonds. The number of phenolic OH excluding ortho intramolecular Hbond substituents is 1. The molecule has 4 aliphatic rings. The molecule has 1 unspecified atom stereocenters. The minimum atomic E-state index is -0.302. The van der Waals surface area contributed by atoms with Gasteiger partial charge >= 0.3 is 6.09 Å². The Kier molecular flexibility index (Phi) is 5.00. The van der Waals surface area contributed by atoms with Crippen LogP contribution in [0.15, 0.2) is 30.0 Å². The molecular formula is C25H33N3O3. The molecule has 31 heavy (non-hydrogen) atoms. The van der Waals surface area contributed by atoms with Crippen molar-refractivity contribution in [3.63, 3.8) is 0 Å². The highest BCUT2D eigenvalue weighted by molar-refractivity contribution is 5.95. The van der Waals surface area contributed by atoms with Gasteiger partial charge in [-0.3, -0.25) is 0 Å². The van der Waals surface area contributed by atoms with E-state index in [1.165, 1.54) is 11.1 Å². The highest BCUT2D eigenvalue weighted by Gasteiger charge is 2.49. The summed E-state index contributed by atoms with van der Waals surface area (Å²) in [7, 11) is 3.95. The Bertz CT molecular complexity index is 1050. The largest absolute Gasteiger partial charge is 0.508 e. The van der Waals surface area contributed by atoms with E-state index in [2.05, 4.69) is 24.9 Å². The van der Waals surface area contributed by atoms with Gasteiger partial charge < -0.3 is 19.6 Å². The van der Waals surface area contributed by atoms with Crippen molar-refractivity contribution >= 4 is 17.0 Å². The summed E-state index contributed by atoms with van der Waals surface area (Å²) in [6.45, 7) is 6.65. The molecule has 6 rings (SSSR count). The van der Waals surface area contributed by atoms with Gasteiger partial charge in [-0.25, -0.2) is 9.36 Å². The average molecular weight is 424 g/mol. The van der Waals surface area contributed by atoms with Crippen molar-refractivity contribution in [3.05, 3.63) is 41.2 Å². The van der Waals surface area contributed by atoms with Crippen molar-refractivity contribution in [1.82, 2.24) is 14.4 Å². The molecule has 1 aromatic carbocycles. The molecule has 6 nitrogen and oxygen atoms in total. The molecule has 0 saturated heterocycles. The van der Waals surface area contributed by atoms with Crippen LogP contribution >= 0.6 is 0 Å². The summed E-state index contributed by atoms with van der Waals surface area (Å²) >= 11 is 0. The predicted molar refractivity (Wildman–Crippen MR) is 121 cm³/mol. The summed E-state index contributed by atoms with van der Waals surface area (Å²) < 4.78 is 7.55. The van der Waals surface area contributed by atoms with Gasteiger partial charge in [0.15, 0.2) is 0 Å². The number of fused-ring (bicyclic) bond motifs is 4. The van der Waals surface area contributed by atoms with Gasteiger partial charge in [0.05, 0.1) is 5.52 Å². The third-order valence-electron chi connectivity index (χ3n) is 7.73. The third-order valence-corrected chi connectivity index (χ3v) is 7.73. The number of benzene rings is 1. The first-order chi connectivity index (χ1) is 14.9. The number of likely N-dealkylation sites (N-methyl/N-ethyl adjacent to an activating group) is 1. The van der Waals surface area contributed by atoms with Crippen molar-refractivity contribution < 1.29 is 14.6 Å². The Balaban J connectivity index is 1.65. The fourth-order valence-electron chi connectivity index (χ4n) is 6.28. The van der Waals surface area contributed by atoms with Gasteiger partial charge in [0, 0.05) is 36.1 Å². The topological polar surface area (TPSA) is 57.9 Å². The maximum atomic E-state index is 13.4. The average Bonchev–Trinajstić information content (AvgIpc) is 3.00. The molecule has 1 fully saturated rings. The van der Waals surface area contributed by atoms with Crippen LogP contribution in [0.3, 0.4) is 0 Å². The van der Waals surface area contributed by atoms with Crippen LogP contribution in [0, 0.1) is 11.8 Å². The molecule has 166 valence electrons. The maximum Gasteiger partial charge on any atom is 0.418 e. The zero-order chi connectivity index (χ0) is 21.9. The first kappa shape index (κ1) is 20.4. The molecule has 3 aliphatic heterocycles. The molecule has 4 bridgehead atoms. The number of ether oxygens (including phenoxy) is 1. The van der Waals surface area contributed by atoms with E-state index in [0.717, 1.165) is 42.4 Å². The van der Waals surface area contributed by atoms with Crippen molar-refractivity contribution in [2.24, 2.45) is 11.8 Å². The monoisotopic (exact) mass is 423 g/mol. The Morgan fingerprint density at radius 3 is 2.87 bits per heavy atom. The van der Waals surface area contributed by atoms with Crippen LogP contribution in [0.5, 0.6) is 5.75 Å². The fraction of sp³-hybridized carbons (Fsp3) is 0.560. The second kappa shape index (κ2) is 7.59. The Morgan fingerprint density at radius 2 is 2.13 bits per heavy atom. The number of aromatic hydroxyl groups is 1. The van der Waals surface area contributed by atoms with E-state index in [1.807, 2.05) is 35.7 Å². The third kappa shape index (κ3) is 3.15. The van der Waals surface area contributed by atoms with Gasteiger partial charge in [-0.1, -0.05) is 25.8 Å². The number of phenols is 1. The maximum absolute atomic E-state index is 13.4. The first-order valence-corrected chi connectivity index (χ1v) is 11.5. The predicted octanol–water partition coefficient (Wildman–Crippen LogP) is 4.17. The lowest BCUT2D eigenvalue weighted by Crippen LogP contribution is -2.52. The van der Waals surface area contributed by atoms with Gasteiger partial charge in [-0.15, -0.1) is 0 Å². The molecule has 2 aromatic rings. The molecule has 4 atom stereocenters. The van der Waals surface area contributed by atoms with Crippen molar-refractivity contribution in [3.8, 4) is 5.75 Å². The number of nitrogens with zero attached hydrogens (tertiary/aromatic N) is 3. The van der Waals surface area contributed by atoms with Crippen LogP contribution in [-0.4, -0.2) is 65.4 Å². The van der Waals surface area contributed by atoms with E-state index in [4.69, 9.17) is 4.74 Å². The van der Waals surface area contributed by atoms with Crippen LogP contribution in [-0.2, 0) is 11.2 Å². The molecular weight excluding hydrogens is 390 g/mol. The summed E-state index contributed by atoms with van der Waals surface area (Å²) in [6.07, 6.45) is 5.10. The van der Waals surface area contributed by atoms with Crippen molar-refractivity contribution in [1.29, 1.82) is 0 Å². The standard InChI is InChI=1S/C25H33N3O3/c1-5-18-15(2)16-12-21-23(18)27(14-16)9-8-19-20-13-17(29)6-7-22(20)28(24(19)21)25(30)31-11-10-26(3)4/h6-7,13-15,18,21,23,29H,5,8-12H2,1-4H3/t15-,18-,21+,23?/m0/s1. The number of aromatic nitrogens is 1. The molecule has 1 N–H and O–H groups in total. The Morgan fingerprint density at radius 1 is 1.32 bits per heavy atom. The van der Waals surface area contributed by atoms with E-state index >= 15 is 0 Å². The highest BCUT2D eigenvalue weighted by atomic mass is 16.5. The highest BCUT2D eigenvalue weighted by Crippen LogP contribution is 2.53. The van der Waals surface area contributed by atoms with E-state index < -0.39 is 0 Å². The molecule has 1 aliphatic carbocycles. The fourth-order valence-corrected chi connectivity index (χ4v) is 6.28. The number of rotatable bonds is 4. The number of carbonyl (C=O) groups is 1. The van der Waals surface area contributed by atoms with E-state index in [9.17, 15) is 9.90 Å². The van der Waals surface area contributed by atoms with Gasteiger partial charge in [-0.2, -0.15) is 0 Å². The lowest BCUT2D eigenvalue weighted by Gasteiger charge is -2.52. The van der Waals surface area contributed by atoms with Gasteiger partial charge in [0.1, 0.15) is 12.4 Å². The summed E-state index contributed by atoms with van der Waals surface area (Å²) in [4.78, 5) is 17.9. The number of hydrogen-bond acceptors (Lipinski definition) is 5. The van der Waals surface area contributed by atoms with Gasteiger partial charge in [0.25, 0.3) is 0 Å². The quantitative estimate of drug-likeness (QED) is 0.800. The van der Waals surface area contributed by atoms with E-state index in [-0.39, 0.29) is 17.8 Å². The second-order valence-corrected chi connectivity index (χ2v) is 9.67. The Hall–Kier alpha value is -2.47. The summed E-state index contributed by atoms with van der Waals surface area (Å²) in [5.74, 6) is 1.70. The zero-order valence-electron chi connectivity index (χ0n) is 19.0. The van der Waals surface area contributed by atoms with Crippen LogP contribution < -0.4 is 0 Å². The van der Waals surface area contributed by atoms with E-state index in [0.29, 0.717) is 31.0 Å². The van der Waals surface area contributed by atoms with Crippen molar-refractivity contribution in [2.45, 2.75) is 45.1 Å². The van der Waals surface area contributed by atoms with Crippen LogP contribution in [0.25, 0.3) is 10.9 Å². The normalized spacial score (nSPS) is 26.7. The molecule has 1 aromatic heterocycles. The molecule has 1 saturated carbocycles. The first-order valence-electron chi connectivity index (χ1n) is 11.5. The van der Waals surface area contributed by atoms with E-state index in [1.54, 1.807) is 6.07 Å². The lowest BCUT2D eigenvalue weighted by atomic mass is 9.64.